The van der Waals surface area contributed by atoms with Crippen LogP contribution in [0.25, 0.3) is 0 Å². The fourth-order valence-electron chi connectivity index (χ4n) is 1.71. The van der Waals surface area contributed by atoms with Gasteiger partial charge in [0.25, 0.3) is 0 Å². The molecule has 4 heteroatoms. The van der Waals surface area contributed by atoms with E-state index in [0.29, 0.717) is 0 Å². The van der Waals surface area contributed by atoms with Crippen LogP contribution < -0.4 is 5.73 Å². The monoisotopic (exact) mass is 322 g/mol. The Morgan fingerprint density at radius 1 is 1.28 bits per heavy atom. The van der Waals surface area contributed by atoms with Crippen molar-refractivity contribution >= 4 is 27.7 Å². The molecule has 0 spiro atoms. The molecular weight excluding hydrogens is 308 g/mol. The molecule has 0 aliphatic carbocycles. The zero-order valence-electron chi connectivity index (χ0n) is 10.1. The lowest BCUT2D eigenvalue weighted by atomic mass is 10.1. The number of aromatic nitrogens is 1. The lowest BCUT2D eigenvalue weighted by Gasteiger charge is -2.20. The molecule has 1 aromatic heterocycles. The molecule has 2 aromatic rings. The molecule has 0 saturated carbocycles. The van der Waals surface area contributed by atoms with Crippen LogP contribution in [0.1, 0.15) is 17.7 Å². The number of rotatable bonds is 4. The van der Waals surface area contributed by atoms with Crippen molar-refractivity contribution in [1.82, 2.24) is 4.98 Å². The van der Waals surface area contributed by atoms with Crippen molar-refractivity contribution < 1.29 is 0 Å². The molecule has 0 aliphatic heterocycles. The molecule has 0 radical (unpaired) electrons. The zero-order chi connectivity index (χ0) is 13.0. The summed E-state index contributed by atoms with van der Waals surface area (Å²) in [6, 6.07) is 12.4. The Labute approximate surface area is 120 Å². The van der Waals surface area contributed by atoms with E-state index in [-0.39, 0.29) is 11.3 Å². The van der Waals surface area contributed by atoms with Gasteiger partial charge in [-0.2, -0.15) is 0 Å². The Morgan fingerprint density at radius 2 is 2.11 bits per heavy atom. The summed E-state index contributed by atoms with van der Waals surface area (Å²) in [5.74, 6) is 0. The molecule has 0 aliphatic rings. The predicted octanol–water partition coefficient (Wildman–Crippen LogP) is 4.02. The van der Waals surface area contributed by atoms with E-state index in [0.717, 1.165) is 10.0 Å². The zero-order valence-corrected chi connectivity index (χ0v) is 12.5. The molecule has 94 valence electrons. The van der Waals surface area contributed by atoms with Crippen LogP contribution >= 0.6 is 27.7 Å². The van der Waals surface area contributed by atoms with Crippen molar-refractivity contribution in [2.75, 3.05) is 0 Å². The van der Waals surface area contributed by atoms with Gasteiger partial charge in [-0.25, -0.2) is 0 Å². The van der Waals surface area contributed by atoms with Crippen LogP contribution in [0.2, 0.25) is 0 Å². The average molecular weight is 323 g/mol. The maximum atomic E-state index is 6.09. The van der Waals surface area contributed by atoms with Gasteiger partial charge >= 0.3 is 0 Å². The van der Waals surface area contributed by atoms with Gasteiger partial charge in [-0.1, -0.05) is 28.1 Å². The Morgan fingerprint density at radius 3 is 2.72 bits per heavy atom. The minimum Gasteiger partial charge on any atom is -0.327 e. The van der Waals surface area contributed by atoms with Crippen molar-refractivity contribution in [3.8, 4) is 0 Å². The third kappa shape index (κ3) is 3.57. The number of nitrogens with two attached hydrogens (primary N) is 1. The molecule has 1 aromatic carbocycles. The first-order valence-electron chi connectivity index (χ1n) is 5.74. The number of thioether (sulfide) groups is 1. The minimum absolute atomic E-state index is 0.0678. The van der Waals surface area contributed by atoms with Crippen molar-refractivity contribution in [1.29, 1.82) is 0 Å². The largest absolute Gasteiger partial charge is 0.327 e. The number of benzene rings is 1. The lowest BCUT2D eigenvalue weighted by Crippen LogP contribution is -2.22. The summed E-state index contributed by atoms with van der Waals surface area (Å²) in [5.41, 5.74) is 7.26. The quantitative estimate of drug-likeness (QED) is 0.864. The first kappa shape index (κ1) is 13.6. The molecule has 2 unspecified atom stereocenters. The number of hydrogen-bond donors (Lipinski definition) is 1. The van der Waals surface area contributed by atoms with Gasteiger partial charge in [0.05, 0.1) is 5.25 Å². The van der Waals surface area contributed by atoms with E-state index < -0.39 is 0 Å². The number of halogens is 1. The highest BCUT2D eigenvalue weighted by molar-refractivity contribution is 9.10. The van der Waals surface area contributed by atoms with E-state index in [1.54, 1.807) is 18.0 Å². The second kappa shape index (κ2) is 6.36. The molecule has 2 N–H and O–H groups in total. The van der Waals surface area contributed by atoms with Crippen molar-refractivity contribution in [2.24, 2.45) is 5.73 Å². The summed E-state index contributed by atoms with van der Waals surface area (Å²) in [4.78, 5) is 5.37. The fourth-order valence-corrected chi connectivity index (χ4v) is 3.40. The van der Waals surface area contributed by atoms with E-state index in [4.69, 9.17) is 5.73 Å². The van der Waals surface area contributed by atoms with Gasteiger partial charge in [-0.15, -0.1) is 11.8 Å². The smallest absolute Gasteiger partial charge is 0.0508 e. The second-order valence-electron chi connectivity index (χ2n) is 4.14. The van der Waals surface area contributed by atoms with E-state index in [2.05, 4.69) is 39.1 Å². The molecule has 0 amide bonds. The van der Waals surface area contributed by atoms with E-state index in [9.17, 15) is 0 Å². The fraction of sp³-hybridized carbons (Fsp3) is 0.214. The minimum atomic E-state index is 0.0678. The molecule has 2 atom stereocenters. The maximum Gasteiger partial charge on any atom is 0.0508 e. The van der Waals surface area contributed by atoms with Crippen molar-refractivity contribution in [3.63, 3.8) is 0 Å². The van der Waals surface area contributed by atoms with Gasteiger partial charge in [-0.05, 0) is 36.8 Å². The Bertz CT molecular complexity index is 502. The van der Waals surface area contributed by atoms with Gasteiger partial charge < -0.3 is 5.73 Å². The summed E-state index contributed by atoms with van der Waals surface area (Å²) in [6.45, 7) is 2.03. The number of pyridine rings is 1. The van der Waals surface area contributed by atoms with Gasteiger partial charge in [0.1, 0.15) is 0 Å². The van der Waals surface area contributed by atoms with Crippen molar-refractivity contribution in [2.45, 2.75) is 23.1 Å². The molecule has 1 heterocycles. The predicted molar refractivity (Wildman–Crippen MR) is 80.6 cm³/mol. The summed E-state index contributed by atoms with van der Waals surface area (Å²) in [5, 5.41) is 0.216. The van der Waals surface area contributed by atoms with E-state index in [1.807, 2.05) is 31.3 Å². The van der Waals surface area contributed by atoms with Gasteiger partial charge in [-0.3, -0.25) is 4.98 Å². The highest BCUT2D eigenvalue weighted by Crippen LogP contribution is 2.37. The van der Waals surface area contributed by atoms with Crippen LogP contribution in [-0.2, 0) is 0 Å². The summed E-state index contributed by atoms with van der Waals surface area (Å²) in [6.07, 6.45) is 3.67. The third-order valence-electron chi connectivity index (χ3n) is 2.55. The molecule has 2 rings (SSSR count). The summed E-state index contributed by atoms with van der Waals surface area (Å²) in [7, 11) is 0. The number of nitrogens with zero attached hydrogens (tertiary/aromatic N) is 1. The summed E-state index contributed by atoms with van der Waals surface area (Å²) < 4.78 is 1.09. The topological polar surface area (TPSA) is 38.9 Å². The first-order valence-corrected chi connectivity index (χ1v) is 7.42. The van der Waals surface area contributed by atoms with Crippen LogP contribution in [0.5, 0.6) is 0 Å². The summed E-state index contributed by atoms with van der Waals surface area (Å²) >= 11 is 5.26. The highest BCUT2D eigenvalue weighted by atomic mass is 79.9. The SMILES string of the molecule is CC(N)C(Sc1cccc(Br)c1)c1cccnc1. The van der Waals surface area contributed by atoms with Gasteiger partial charge in [0, 0.05) is 27.8 Å². The maximum absolute atomic E-state index is 6.09. The lowest BCUT2D eigenvalue weighted by molar-refractivity contribution is 0.719. The molecule has 0 bridgehead atoms. The van der Waals surface area contributed by atoms with Gasteiger partial charge in [0.2, 0.25) is 0 Å². The van der Waals surface area contributed by atoms with Crippen LogP contribution in [0.4, 0.5) is 0 Å². The standard InChI is InChI=1S/C14H15BrN2S/c1-10(16)14(11-4-3-7-17-9-11)18-13-6-2-5-12(15)8-13/h2-10,14H,16H2,1H3. The average Bonchev–Trinajstić information content (AvgIpc) is 2.37. The first-order chi connectivity index (χ1) is 8.66. The normalized spacial score (nSPS) is 14.2. The third-order valence-corrected chi connectivity index (χ3v) is 4.52. The Hall–Kier alpha value is -0.840. The van der Waals surface area contributed by atoms with Crippen LogP contribution in [-0.4, -0.2) is 11.0 Å². The van der Waals surface area contributed by atoms with Gasteiger partial charge in [0.15, 0.2) is 0 Å². The van der Waals surface area contributed by atoms with Crippen LogP contribution in [0, 0.1) is 0 Å². The van der Waals surface area contributed by atoms with Crippen LogP contribution in [0.15, 0.2) is 58.2 Å². The molecule has 0 fully saturated rings. The Balaban J connectivity index is 2.22. The molecule has 2 nitrogen and oxygen atoms in total. The molecule has 18 heavy (non-hydrogen) atoms. The molecule has 0 saturated heterocycles. The molecular formula is C14H15BrN2S. The van der Waals surface area contributed by atoms with E-state index in [1.165, 1.54) is 4.90 Å². The van der Waals surface area contributed by atoms with Crippen molar-refractivity contribution in [3.05, 3.63) is 58.8 Å². The Kier molecular flexibility index (Phi) is 4.80. The second-order valence-corrected chi connectivity index (χ2v) is 6.27. The van der Waals surface area contributed by atoms with Crippen LogP contribution in [0.3, 0.4) is 0 Å². The van der Waals surface area contributed by atoms with E-state index >= 15 is 0 Å². The highest BCUT2D eigenvalue weighted by Gasteiger charge is 2.17. The number of hydrogen-bond acceptors (Lipinski definition) is 3.